The monoisotopic (exact) mass is 199 g/mol. The van der Waals surface area contributed by atoms with Crippen molar-refractivity contribution in [1.82, 2.24) is 4.90 Å². The third-order valence-electron chi connectivity index (χ3n) is 2.02. The Morgan fingerprint density at radius 2 is 2.50 bits per heavy atom. The van der Waals surface area contributed by atoms with Crippen LogP contribution in [0.2, 0.25) is 0 Å². The van der Waals surface area contributed by atoms with Crippen LogP contribution < -0.4 is 5.73 Å². The first-order valence-corrected chi connectivity index (χ1v) is 4.39. The Hall–Kier alpha value is -1.43. The smallest absolute Gasteiger partial charge is 0.320 e. The van der Waals surface area contributed by atoms with E-state index in [1.165, 1.54) is 6.34 Å². The highest BCUT2D eigenvalue weighted by molar-refractivity contribution is 5.86. The lowest BCUT2D eigenvalue weighted by molar-refractivity contribution is -0.138. The Bertz CT molecular complexity index is 265. The van der Waals surface area contributed by atoms with E-state index >= 15 is 0 Å². The van der Waals surface area contributed by atoms with E-state index in [0.29, 0.717) is 25.9 Å². The van der Waals surface area contributed by atoms with Crippen molar-refractivity contribution < 1.29 is 14.7 Å². The Kier molecular flexibility index (Phi) is 3.58. The summed E-state index contributed by atoms with van der Waals surface area (Å²) in [7, 11) is 0. The van der Waals surface area contributed by atoms with Crippen molar-refractivity contribution in [2.24, 2.45) is 10.7 Å². The number of nitrogens with two attached hydrogens (primary N) is 1. The Morgan fingerprint density at radius 3 is 3.00 bits per heavy atom. The van der Waals surface area contributed by atoms with Gasteiger partial charge in [-0.25, -0.2) is 4.99 Å². The molecule has 0 saturated carbocycles. The van der Waals surface area contributed by atoms with Gasteiger partial charge < -0.3 is 15.7 Å². The zero-order valence-corrected chi connectivity index (χ0v) is 7.72. The van der Waals surface area contributed by atoms with Crippen molar-refractivity contribution in [3.8, 4) is 0 Å². The van der Waals surface area contributed by atoms with E-state index in [9.17, 15) is 9.59 Å². The molecule has 6 heteroatoms. The van der Waals surface area contributed by atoms with Crippen LogP contribution in [0.4, 0.5) is 0 Å². The molecule has 1 atom stereocenters. The molecule has 14 heavy (non-hydrogen) atoms. The average Bonchev–Trinajstić information content (AvgIpc) is 2.16. The van der Waals surface area contributed by atoms with Gasteiger partial charge in [0.2, 0.25) is 5.91 Å². The number of carboxylic acid groups (broad SMARTS) is 1. The first-order chi connectivity index (χ1) is 6.59. The summed E-state index contributed by atoms with van der Waals surface area (Å²) in [6.45, 7) is 1.11. The highest BCUT2D eigenvalue weighted by atomic mass is 16.4. The molecular formula is C8H13N3O3. The molecule has 1 amide bonds. The molecule has 0 radical (unpaired) electrons. The molecule has 1 aliphatic heterocycles. The van der Waals surface area contributed by atoms with Crippen molar-refractivity contribution >= 4 is 18.2 Å². The maximum atomic E-state index is 10.7. The fraction of sp³-hybridized carbons (Fsp3) is 0.625. The second-order valence-electron chi connectivity index (χ2n) is 3.16. The maximum absolute atomic E-state index is 10.7. The van der Waals surface area contributed by atoms with E-state index in [2.05, 4.69) is 4.99 Å². The molecule has 0 aromatic rings. The molecule has 0 bridgehead atoms. The van der Waals surface area contributed by atoms with Crippen LogP contribution >= 0.6 is 0 Å². The summed E-state index contributed by atoms with van der Waals surface area (Å²) in [4.78, 5) is 26.5. The summed E-state index contributed by atoms with van der Waals surface area (Å²) in [5.41, 5.74) is 5.32. The molecule has 1 aliphatic rings. The molecule has 0 aromatic carbocycles. The number of rotatable bonds is 4. The van der Waals surface area contributed by atoms with Crippen molar-refractivity contribution in [1.29, 1.82) is 0 Å². The zero-order chi connectivity index (χ0) is 10.6. The molecule has 1 heterocycles. The molecule has 6 nitrogen and oxygen atoms in total. The minimum absolute atomic E-state index is 0.135. The Labute approximate surface area is 81.4 Å². The highest BCUT2D eigenvalue weighted by Crippen LogP contribution is 2.00. The third-order valence-corrected chi connectivity index (χ3v) is 2.02. The van der Waals surface area contributed by atoms with Gasteiger partial charge >= 0.3 is 5.97 Å². The molecule has 0 fully saturated rings. The summed E-state index contributed by atoms with van der Waals surface area (Å²) >= 11 is 0. The van der Waals surface area contributed by atoms with Crippen molar-refractivity contribution in [3.63, 3.8) is 0 Å². The molecule has 1 rings (SSSR count). The normalized spacial score (nSPS) is 18.4. The van der Waals surface area contributed by atoms with E-state index in [-0.39, 0.29) is 5.91 Å². The van der Waals surface area contributed by atoms with Crippen LogP contribution in [0.15, 0.2) is 4.99 Å². The molecule has 1 unspecified atom stereocenters. The fourth-order valence-electron chi connectivity index (χ4n) is 1.11. The number of carbonyl (C=O) groups excluding carboxylic acids is 1. The average molecular weight is 199 g/mol. The van der Waals surface area contributed by atoms with Crippen molar-refractivity contribution in [2.45, 2.75) is 18.9 Å². The number of carbonyl (C=O) groups is 2. The maximum Gasteiger partial charge on any atom is 0.320 e. The first-order valence-electron chi connectivity index (χ1n) is 4.39. The Balaban J connectivity index is 2.29. The molecule has 3 N–H and O–H groups in total. The summed E-state index contributed by atoms with van der Waals surface area (Å²) in [5, 5.41) is 8.52. The van der Waals surface area contributed by atoms with Gasteiger partial charge in [-0.15, -0.1) is 0 Å². The van der Waals surface area contributed by atoms with Crippen LogP contribution in [0, 0.1) is 0 Å². The largest absolute Gasteiger partial charge is 0.480 e. The number of nitrogens with zero attached hydrogens (tertiary/aromatic N) is 2. The number of carboxylic acids is 1. The first kappa shape index (κ1) is 10.6. The van der Waals surface area contributed by atoms with Gasteiger partial charge in [0, 0.05) is 19.5 Å². The van der Waals surface area contributed by atoms with E-state index in [4.69, 9.17) is 10.8 Å². The summed E-state index contributed by atoms with van der Waals surface area (Å²) in [6, 6.07) is -0.846. The predicted octanol–water partition coefficient (Wildman–Crippen LogP) is -0.951. The van der Waals surface area contributed by atoms with Gasteiger partial charge in [0.05, 0.1) is 6.34 Å². The van der Waals surface area contributed by atoms with Gasteiger partial charge in [-0.2, -0.15) is 0 Å². The van der Waals surface area contributed by atoms with Crippen LogP contribution in [0.5, 0.6) is 0 Å². The highest BCUT2D eigenvalue weighted by Gasteiger charge is 2.15. The number of hydrogen-bond acceptors (Lipinski definition) is 4. The lowest BCUT2D eigenvalue weighted by Gasteiger charge is -2.22. The van der Waals surface area contributed by atoms with Gasteiger partial charge in [-0.3, -0.25) is 9.59 Å². The number of aliphatic carboxylic acids is 1. The summed E-state index contributed by atoms with van der Waals surface area (Å²) in [6.07, 6.45) is 2.19. The van der Waals surface area contributed by atoms with E-state index in [1.807, 2.05) is 0 Å². The summed E-state index contributed by atoms with van der Waals surface area (Å²) < 4.78 is 0. The molecule has 0 aromatic heterocycles. The quantitative estimate of drug-likeness (QED) is 0.608. The Morgan fingerprint density at radius 1 is 1.79 bits per heavy atom. The van der Waals surface area contributed by atoms with E-state index in [1.54, 1.807) is 4.90 Å². The number of aliphatic imine (C=N–C) groups is 1. The fourth-order valence-corrected chi connectivity index (χ4v) is 1.11. The molecule has 0 saturated heterocycles. The van der Waals surface area contributed by atoms with E-state index in [0.717, 1.165) is 0 Å². The van der Waals surface area contributed by atoms with Crippen LogP contribution in [-0.2, 0) is 9.59 Å². The molecule has 0 spiro atoms. The van der Waals surface area contributed by atoms with Crippen molar-refractivity contribution in [2.75, 3.05) is 13.1 Å². The second kappa shape index (κ2) is 4.71. The lowest BCUT2D eigenvalue weighted by atomic mass is 10.2. The van der Waals surface area contributed by atoms with Crippen LogP contribution in [0.25, 0.3) is 0 Å². The van der Waals surface area contributed by atoms with Crippen molar-refractivity contribution in [3.05, 3.63) is 0 Å². The third kappa shape index (κ3) is 3.14. The number of hydrogen-bond donors (Lipinski definition) is 2. The van der Waals surface area contributed by atoms with Crippen LogP contribution in [-0.4, -0.2) is 47.4 Å². The second-order valence-corrected chi connectivity index (χ2v) is 3.16. The minimum Gasteiger partial charge on any atom is -0.480 e. The van der Waals surface area contributed by atoms with Gasteiger partial charge in [0.15, 0.2) is 0 Å². The van der Waals surface area contributed by atoms with Gasteiger partial charge in [-0.05, 0) is 6.42 Å². The minimum atomic E-state index is -1.00. The molecule has 78 valence electrons. The topological polar surface area (TPSA) is 96.0 Å². The SMILES string of the molecule is NC(CCN1C=NC(=O)CC1)C(=O)O. The van der Waals surface area contributed by atoms with Gasteiger partial charge in [0.25, 0.3) is 0 Å². The molecule has 0 aliphatic carbocycles. The zero-order valence-electron chi connectivity index (χ0n) is 7.72. The van der Waals surface area contributed by atoms with E-state index < -0.39 is 12.0 Å². The van der Waals surface area contributed by atoms with Gasteiger partial charge in [0.1, 0.15) is 6.04 Å². The summed E-state index contributed by atoms with van der Waals surface area (Å²) in [5.74, 6) is -1.14. The standard InChI is InChI=1S/C8H13N3O3/c9-6(8(13)14)1-3-11-4-2-7(12)10-5-11/h5-6H,1-4,9H2,(H,13,14). The van der Waals surface area contributed by atoms with Gasteiger partial charge in [-0.1, -0.05) is 0 Å². The molecular weight excluding hydrogens is 186 g/mol. The van der Waals surface area contributed by atoms with Crippen LogP contribution in [0.1, 0.15) is 12.8 Å². The lowest BCUT2D eigenvalue weighted by Crippen LogP contribution is -2.37. The predicted molar refractivity (Wildman–Crippen MR) is 49.9 cm³/mol. The number of amides is 1. The van der Waals surface area contributed by atoms with Crippen LogP contribution in [0.3, 0.4) is 0 Å².